The van der Waals surface area contributed by atoms with Gasteiger partial charge in [0.05, 0.1) is 22.2 Å². The summed E-state index contributed by atoms with van der Waals surface area (Å²) in [5, 5.41) is 11.5. The minimum absolute atomic E-state index is 0.0904. The number of ether oxygens (including phenoxy) is 1. The average molecular weight is 338 g/mol. The van der Waals surface area contributed by atoms with Gasteiger partial charge in [0.1, 0.15) is 10.8 Å². The molecule has 0 saturated carbocycles. The lowest BCUT2D eigenvalue weighted by atomic mass is 10.2. The second kappa shape index (κ2) is 7.06. The van der Waals surface area contributed by atoms with Crippen molar-refractivity contribution >= 4 is 39.4 Å². The van der Waals surface area contributed by atoms with E-state index in [1.165, 1.54) is 12.1 Å². The van der Waals surface area contributed by atoms with Crippen LogP contribution in [0.2, 0.25) is 0 Å². The van der Waals surface area contributed by atoms with Crippen LogP contribution in [0.1, 0.15) is 10.6 Å². The molecule has 0 aliphatic heterocycles. The summed E-state index contributed by atoms with van der Waals surface area (Å²) in [4.78, 5) is 14.7. The Morgan fingerprint density at radius 2 is 1.88 bits per heavy atom. The summed E-state index contributed by atoms with van der Waals surface area (Å²) in [5.74, 6) is 0.819. The minimum atomic E-state index is -0.407. The molecule has 0 atom stereocenters. The number of fused-ring (bicyclic) bond motifs is 1. The van der Waals surface area contributed by atoms with E-state index in [9.17, 15) is 10.1 Å². The van der Waals surface area contributed by atoms with E-state index in [1.807, 2.05) is 42.5 Å². The molecule has 0 N–H and O–H groups in total. The number of aromatic nitrogens is 1. The predicted molar refractivity (Wildman–Crippen MR) is 97.3 cm³/mol. The molecule has 0 aliphatic rings. The van der Waals surface area contributed by atoms with Crippen LogP contribution in [0.15, 0.2) is 54.6 Å². The predicted octanol–water partition coefficient (Wildman–Crippen LogP) is 4.94. The molecule has 5 nitrogen and oxygen atoms in total. The summed E-state index contributed by atoms with van der Waals surface area (Å²) in [6, 6.07) is 12.2. The first-order valence-corrected chi connectivity index (χ1v) is 8.01. The topological polar surface area (TPSA) is 65.3 Å². The lowest BCUT2D eigenvalue weighted by Crippen LogP contribution is -1.86. The number of allylic oxidation sites excluding steroid dienone is 2. The van der Waals surface area contributed by atoms with E-state index in [0.717, 1.165) is 26.5 Å². The summed E-state index contributed by atoms with van der Waals surface area (Å²) in [7, 11) is 1.64. The van der Waals surface area contributed by atoms with Gasteiger partial charge in [-0.15, -0.1) is 11.3 Å². The highest BCUT2D eigenvalue weighted by Gasteiger charge is 2.03. The van der Waals surface area contributed by atoms with Crippen molar-refractivity contribution in [3.05, 3.63) is 75.3 Å². The lowest BCUT2D eigenvalue weighted by Gasteiger charge is -1.96. The zero-order chi connectivity index (χ0) is 16.9. The lowest BCUT2D eigenvalue weighted by molar-refractivity contribution is -0.384. The van der Waals surface area contributed by atoms with E-state index in [2.05, 4.69) is 4.98 Å². The van der Waals surface area contributed by atoms with Crippen molar-refractivity contribution in [3.8, 4) is 5.75 Å². The smallest absolute Gasteiger partial charge is 0.269 e. The van der Waals surface area contributed by atoms with Crippen LogP contribution in [0.25, 0.3) is 22.4 Å². The molecule has 24 heavy (non-hydrogen) atoms. The van der Waals surface area contributed by atoms with Crippen molar-refractivity contribution in [2.45, 2.75) is 0 Å². The van der Waals surface area contributed by atoms with Gasteiger partial charge in [0, 0.05) is 12.1 Å². The molecule has 2 aromatic carbocycles. The Morgan fingerprint density at radius 1 is 1.12 bits per heavy atom. The van der Waals surface area contributed by atoms with Crippen molar-refractivity contribution in [2.24, 2.45) is 0 Å². The Bertz CT molecular complexity index is 927. The van der Waals surface area contributed by atoms with Crippen LogP contribution < -0.4 is 4.74 Å². The number of methoxy groups -OCH3 is 1. The molecule has 0 spiro atoms. The number of nitro groups is 1. The largest absolute Gasteiger partial charge is 0.497 e. The highest BCUT2D eigenvalue weighted by atomic mass is 32.1. The van der Waals surface area contributed by atoms with Crippen molar-refractivity contribution in [2.75, 3.05) is 7.11 Å². The van der Waals surface area contributed by atoms with Gasteiger partial charge in [-0.2, -0.15) is 0 Å². The first-order valence-electron chi connectivity index (χ1n) is 7.19. The van der Waals surface area contributed by atoms with Crippen LogP contribution >= 0.6 is 11.3 Å². The molecule has 1 heterocycles. The number of hydrogen-bond donors (Lipinski definition) is 0. The van der Waals surface area contributed by atoms with Crippen LogP contribution in [0.3, 0.4) is 0 Å². The van der Waals surface area contributed by atoms with Gasteiger partial charge < -0.3 is 4.74 Å². The molecule has 0 fully saturated rings. The van der Waals surface area contributed by atoms with E-state index in [-0.39, 0.29) is 5.69 Å². The molecule has 6 heteroatoms. The summed E-state index contributed by atoms with van der Waals surface area (Å²) in [6.07, 6.45) is 7.60. The standard InChI is InChI=1S/C18H14N2O3S/c1-23-15-10-11-16-17(12-15)24-18(19-16)5-3-2-4-13-6-8-14(9-7-13)20(21)22/h2-12H,1H3. The maximum Gasteiger partial charge on any atom is 0.269 e. The Balaban J connectivity index is 1.70. The minimum Gasteiger partial charge on any atom is -0.497 e. The second-order valence-corrected chi connectivity index (χ2v) is 6.01. The van der Waals surface area contributed by atoms with E-state index < -0.39 is 4.92 Å². The Kier molecular flexibility index (Phi) is 4.67. The maximum absolute atomic E-state index is 10.6. The van der Waals surface area contributed by atoms with E-state index >= 15 is 0 Å². The van der Waals surface area contributed by atoms with Gasteiger partial charge in [0.25, 0.3) is 5.69 Å². The van der Waals surface area contributed by atoms with Crippen LogP contribution in [0, 0.1) is 10.1 Å². The Labute approximate surface area is 142 Å². The van der Waals surface area contributed by atoms with Gasteiger partial charge in [-0.3, -0.25) is 10.1 Å². The van der Waals surface area contributed by atoms with Gasteiger partial charge in [-0.25, -0.2) is 4.98 Å². The van der Waals surface area contributed by atoms with Crippen LogP contribution in [0.5, 0.6) is 5.75 Å². The molecule has 0 aliphatic carbocycles. The number of rotatable bonds is 5. The molecular weight excluding hydrogens is 324 g/mol. The number of nitro benzene ring substituents is 1. The van der Waals surface area contributed by atoms with Crippen LogP contribution in [-0.2, 0) is 0 Å². The summed E-state index contributed by atoms with van der Waals surface area (Å²) in [6.45, 7) is 0. The molecule has 120 valence electrons. The normalized spacial score (nSPS) is 11.5. The van der Waals surface area contributed by atoms with Gasteiger partial charge in [-0.1, -0.05) is 18.2 Å². The second-order valence-electron chi connectivity index (χ2n) is 4.95. The Morgan fingerprint density at radius 3 is 2.58 bits per heavy atom. The molecule has 0 saturated heterocycles. The summed E-state index contributed by atoms with van der Waals surface area (Å²) in [5.41, 5.74) is 1.94. The number of benzene rings is 2. The Hall–Kier alpha value is -2.99. The number of non-ortho nitro benzene ring substituents is 1. The van der Waals surface area contributed by atoms with E-state index in [0.29, 0.717) is 0 Å². The average Bonchev–Trinajstić information content (AvgIpc) is 3.00. The molecule has 0 unspecified atom stereocenters. The molecule has 3 aromatic rings. The third-order valence-corrected chi connectivity index (χ3v) is 4.34. The van der Waals surface area contributed by atoms with Gasteiger partial charge in [0.2, 0.25) is 0 Å². The fourth-order valence-electron chi connectivity index (χ4n) is 2.13. The quantitative estimate of drug-likeness (QED) is 0.375. The van der Waals surface area contributed by atoms with E-state index in [1.54, 1.807) is 30.6 Å². The SMILES string of the molecule is COc1ccc2nc(C=CC=Cc3ccc([N+](=O)[O-])cc3)sc2c1. The number of thiazole rings is 1. The molecule has 0 radical (unpaired) electrons. The van der Waals surface area contributed by atoms with Gasteiger partial charge >= 0.3 is 0 Å². The molecule has 0 bridgehead atoms. The highest BCUT2D eigenvalue weighted by molar-refractivity contribution is 7.19. The van der Waals surface area contributed by atoms with Gasteiger partial charge in [-0.05, 0) is 42.0 Å². The summed E-state index contributed by atoms with van der Waals surface area (Å²) < 4.78 is 6.29. The van der Waals surface area contributed by atoms with Crippen LogP contribution in [0.4, 0.5) is 5.69 Å². The molecule has 3 rings (SSSR count). The zero-order valence-electron chi connectivity index (χ0n) is 12.9. The third-order valence-electron chi connectivity index (χ3n) is 3.35. The van der Waals surface area contributed by atoms with Crippen molar-refractivity contribution in [1.29, 1.82) is 0 Å². The maximum atomic E-state index is 10.6. The van der Waals surface area contributed by atoms with Crippen molar-refractivity contribution in [3.63, 3.8) is 0 Å². The molecular formula is C18H14N2O3S. The number of hydrogen-bond acceptors (Lipinski definition) is 5. The molecule has 1 aromatic heterocycles. The fraction of sp³-hybridized carbons (Fsp3) is 0.0556. The van der Waals surface area contributed by atoms with Crippen molar-refractivity contribution in [1.82, 2.24) is 4.98 Å². The number of nitrogens with zero attached hydrogens (tertiary/aromatic N) is 2. The van der Waals surface area contributed by atoms with Gasteiger partial charge in [0.15, 0.2) is 0 Å². The van der Waals surface area contributed by atoms with Crippen LogP contribution in [-0.4, -0.2) is 17.0 Å². The van der Waals surface area contributed by atoms with E-state index in [4.69, 9.17) is 4.74 Å². The zero-order valence-corrected chi connectivity index (χ0v) is 13.7. The monoisotopic (exact) mass is 338 g/mol. The fourth-order valence-corrected chi connectivity index (χ4v) is 3.04. The summed E-state index contributed by atoms with van der Waals surface area (Å²) >= 11 is 1.59. The molecule has 0 amide bonds. The highest BCUT2D eigenvalue weighted by Crippen LogP contribution is 2.26. The van der Waals surface area contributed by atoms with Crippen molar-refractivity contribution < 1.29 is 9.66 Å². The first-order chi connectivity index (χ1) is 11.7. The first kappa shape index (κ1) is 15.9. The third kappa shape index (κ3) is 3.67.